The van der Waals surface area contributed by atoms with Gasteiger partial charge in [0.05, 0.1) is 5.75 Å². The Bertz CT molecular complexity index is 606. The third-order valence-corrected chi connectivity index (χ3v) is 4.39. The molecule has 1 aromatic carbocycles. The highest BCUT2D eigenvalue weighted by Crippen LogP contribution is 2.17. The maximum Gasteiger partial charge on any atom is 0.321 e. The summed E-state index contributed by atoms with van der Waals surface area (Å²) in [7, 11) is -3.98. The maximum absolute atomic E-state index is 13.5. The molecule has 0 saturated carbocycles. The van der Waals surface area contributed by atoms with Gasteiger partial charge in [-0.05, 0) is 24.6 Å². The van der Waals surface area contributed by atoms with E-state index in [9.17, 15) is 17.6 Å². The van der Waals surface area contributed by atoms with Crippen LogP contribution < -0.4 is 4.72 Å². The number of aliphatic carboxylic acids is 1. The minimum Gasteiger partial charge on any atom is -0.480 e. The number of unbranched alkanes of at least 4 members (excludes halogenated alkanes) is 1. The van der Waals surface area contributed by atoms with Crippen LogP contribution in [0.3, 0.4) is 0 Å². The van der Waals surface area contributed by atoms with Crippen molar-refractivity contribution in [3.63, 3.8) is 0 Å². The zero-order chi connectivity index (χ0) is 16.0. The highest BCUT2D eigenvalue weighted by Gasteiger charge is 2.24. The molecule has 0 spiro atoms. The van der Waals surface area contributed by atoms with Crippen LogP contribution in [0, 0.1) is 5.82 Å². The fourth-order valence-electron chi connectivity index (χ4n) is 1.76. The van der Waals surface area contributed by atoms with Crippen molar-refractivity contribution in [3.8, 4) is 0 Å². The second kappa shape index (κ2) is 7.72. The van der Waals surface area contributed by atoms with E-state index in [4.69, 9.17) is 16.7 Å². The summed E-state index contributed by atoms with van der Waals surface area (Å²) in [5.74, 6) is -2.61. The van der Waals surface area contributed by atoms with Gasteiger partial charge in [-0.25, -0.2) is 17.5 Å². The lowest BCUT2D eigenvalue weighted by Crippen LogP contribution is -2.41. The molecule has 0 radical (unpaired) electrons. The minimum atomic E-state index is -3.98. The molecule has 0 heterocycles. The number of hydrogen-bond acceptors (Lipinski definition) is 3. The average Bonchev–Trinajstić information content (AvgIpc) is 2.38. The first kappa shape index (κ1) is 17.9. The van der Waals surface area contributed by atoms with Crippen LogP contribution in [-0.2, 0) is 20.6 Å². The second-order valence-electron chi connectivity index (χ2n) is 4.65. The molecule has 0 aliphatic heterocycles. The van der Waals surface area contributed by atoms with E-state index in [1.807, 2.05) is 6.92 Å². The number of rotatable bonds is 8. The molecule has 0 bridgehead atoms. The standard InChI is InChI=1S/C13H17ClFNO4S/c1-2-3-4-12(13(17)18)16-21(19,20)8-9-7-10(14)5-6-11(9)15/h5-7,12,16H,2-4,8H2,1H3,(H,17,18)/t12-/m0/s1. The van der Waals surface area contributed by atoms with Crippen molar-refractivity contribution in [2.24, 2.45) is 0 Å². The van der Waals surface area contributed by atoms with E-state index in [2.05, 4.69) is 4.72 Å². The fourth-order valence-corrected chi connectivity index (χ4v) is 3.32. The Morgan fingerprint density at radius 1 is 1.48 bits per heavy atom. The van der Waals surface area contributed by atoms with E-state index < -0.39 is 33.6 Å². The van der Waals surface area contributed by atoms with Crippen molar-refractivity contribution < 1.29 is 22.7 Å². The first-order valence-corrected chi connectivity index (χ1v) is 8.45. The fraction of sp³-hybridized carbons (Fsp3) is 0.462. The van der Waals surface area contributed by atoms with Crippen LogP contribution >= 0.6 is 11.6 Å². The molecule has 8 heteroatoms. The van der Waals surface area contributed by atoms with Gasteiger partial charge in [0.15, 0.2) is 0 Å². The lowest BCUT2D eigenvalue weighted by molar-refractivity contribution is -0.139. The number of nitrogens with one attached hydrogen (secondary N) is 1. The lowest BCUT2D eigenvalue weighted by atomic mass is 10.1. The Balaban J connectivity index is 2.85. The monoisotopic (exact) mass is 337 g/mol. The molecule has 5 nitrogen and oxygen atoms in total. The number of benzene rings is 1. The Hall–Kier alpha value is -1.18. The number of hydrogen-bond donors (Lipinski definition) is 2. The number of carboxylic acids is 1. The summed E-state index contributed by atoms with van der Waals surface area (Å²) in [6.45, 7) is 1.87. The molecule has 1 atom stereocenters. The van der Waals surface area contributed by atoms with Gasteiger partial charge in [0.1, 0.15) is 11.9 Å². The molecule has 0 aliphatic rings. The van der Waals surface area contributed by atoms with Crippen LogP contribution in [0.15, 0.2) is 18.2 Å². The predicted octanol–water partition coefficient (Wildman–Crippen LogP) is 2.54. The third-order valence-electron chi connectivity index (χ3n) is 2.82. The van der Waals surface area contributed by atoms with Crippen molar-refractivity contribution in [2.45, 2.75) is 38.0 Å². The normalized spacial score (nSPS) is 13.1. The van der Waals surface area contributed by atoms with Crippen LogP contribution in [-0.4, -0.2) is 25.5 Å². The largest absolute Gasteiger partial charge is 0.480 e. The van der Waals surface area contributed by atoms with Crippen LogP contribution in [0.2, 0.25) is 5.02 Å². The van der Waals surface area contributed by atoms with Gasteiger partial charge >= 0.3 is 5.97 Å². The quantitative estimate of drug-likeness (QED) is 0.763. The Labute approximate surface area is 128 Å². The summed E-state index contributed by atoms with van der Waals surface area (Å²) in [4.78, 5) is 11.0. The molecule has 21 heavy (non-hydrogen) atoms. The molecule has 0 aromatic heterocycles. The topological polar surface area (TPSA) is 83.5 Å². The van der Waals surface area contributed by atoms with Gasteiger partial charge in [-0.15, -0.1) is 0 Å². The van der Waals surface area contributed by atoms with E-state index >= 15 is 0 Å². The Morgan fingerprint density at radius 3 is 2.71 bits per heavy atom. The molecule has 1 aromatic rings. The second-order valence-corrected chi connectivity index (χ2v) is 6.84. The van der Waals surface area contributed by atoms with Crippen LogP contribution in [0.1, 0.15) is 31.7 Å². The van der Waals surface area contributed by atoms with Crippen molar-refractivity contribution in [1.29, 1.82) is 0 Å². The van der Waals surface area contributed by atoms with Gasteiger partial charge in [0, 0.05) is 10.6 Å². The molecule has 0 aliphatic carbocycles. The van der Waals surface area contributed by atoms with Crippen LogP contribution in [0.4, 0.5) is 4.39 Å². The molecule has 118 valence electrons. The number of carbonyl (C=O) groups is 1. The third kappa shape index (κ3) is 5.99. The summed E-state index contributed by atoms with van der Waals surface area (Å²) in [6, 6.07) is 2.37. The van der Waals surface area contributed by atoms with Gasteiger partial charge in [-0.3, -0.25) is 4.79 Å². The zero-order valence-corrected chi connectivity index (χ0v) is 13.0. The average molecular weight is 338 g/mol. The molecular formula is C13H17ClFNO4S. The zero-order valence-electron chi connectivity index (χ0n) is 11.5. The van der Waals surface area contributed by atoms with E-state index in [0.29, 0.717) is 6.42 Å². The van der Waals surface area contributed by atoms with E-state index in [-0.39, 0.29) is 17.0 Å². The molecule has 2 N–H and O–H groups in total. The summed E-state index contributed by atoms with van der Waals surface area (Å²) in [6.07, 6.45) is 1.50. The van der Waals surface area contributed by atoms with Gasteiger partial charge < -0.3 is 5.11 Å². The molecule has 0 fully saturated rings. The van der Waals surface area contributed by atoms with Gasteiger partial charge in [0.2, 0.25) is 10.0 Å². The van der Waals surface area contributed by atoms with Crippen molar-refractivity contribution in [2.75, 3.05) is 0 Å². The first-order valence-electron chi connectivity index (χ1n) is 6.42. The highest BCUT2D eigenvalue weighted by atomic mass is 35.5. The van der Waals surface area contributed by atoms with Crippen LogP contribution in [0.25, 0.3) is 0 Å². The maximum atomic E-state index is 13.5. The van der Waals surface area contributed by atoms with E-state index in [1.165, 1.54) is 12.1 Å². The van der Waals surface area contributed by atoms with Crippen molar-refractivity contribution in [1.82, 2.24) is 4.72 Å². The highest BCUT2D eigenvalue weighted by molar-refractivity contribution is 7.88. The van der Waals surface area contributed by atoms with Crippen molar-refractivity contribution in [3.05, 3.63) is 34.6 Å². The molecule has 0 amide bonds. The van der Waals surface area contributed by atoms with Gasteiger partial charge in [-0.1, -0.05) is 31.4 Å². The summed E-state index contributed by atoms with van der Waals surface area (Å²) >= 11 is 5.69. The Morgan fingerprint density at radius 2 is 2.14 bits per heavy atom. The minimum absolute atomic E-state index is 0.102. The summed E-state index contributed by atoms with van der Waals surface area (Å²) in [5.41, 5.74) is -0.102. The summed E-state index contributed by atoms with van der Waals surface area (Å²) < 4.78 is 39.5. The SMILES string of the molecule is CCCC[C@H](NS(=O)(=O)Cc1cc(Cl)ccc1F)C(=O)O. The Kier molecular flexibility index (Phi) is 6.57. The van der Waals surface area contributed by atoms with E-state index in [1.54, 1.807) is 0 Å². The summed E-state index contributed by atoms with van der Waals surface area (Å²) in [5, 5.41) is 9.22. The van der Waals surface area contributed by atoms with E-state index in [0.717, 1.165) is 12.5 Å². The van der Waals surface area contributed by atoms with Crippen molar-refractivity contribution >= 4 is 27.6 Å². The van der Waals surface area contributed by atoms with Crippen LogP contribution in [0.5, 0.6) is 0 Å². The van der Waals surface area contributed by atoms with Gasteiger partial charge in [0.25, 0.3) is 0 Å². The first-order chi connectivity index (χ1) is 9.75. The molecular weight excluding hydrogens is 321 g/mol. The molecule has 0 saturated heterocycles. The predicted molar refractivity (Wildman–Crippen MR) is 78.1 cm³/mol. The molecule has 1 rings (SSSR count). The smallest absolute Gasteiger partial charge is 0.321 e. The number of sulfonamides is 1. The number of carboxylic acid groups (broad SMARTS) is 1. The molecule has 0 unspecified atom stereocenters. The van der Waals surface area contributed by atoms with Gasteiger partial charge in [-0.2, -0.15) is 0 Å². The number of halogens is 2. The lowest BCUT2D eigenvalue weighted by Gasteiger charge is -2.14.